The van der Waals surface area contributed by atoms with Crippen LogP contribution in [0.15, 0.2) is 83.2 Å². The molecule has 0 aliphatic carbocycles. The molecule has 5 heterocycles. The minimum absolute atomic E-state index is 0.465. The number of aryl methyl sites for hydroxylation is 1. The third-order valence-electron chi connectivity index (χ3n) is 8.64. The molecule has 0 saturated carbocycles. The van der Waals surface area contributed by atoms with Crippen LogP contribution in [0.3, 0.4) is 0 Å². The number of rotatable bonds is 7. The molecule has 2 fully saturated rings. The van der Waals surface area contributed by atoms with E-state index in [1.165, 1.54) is 50.5 Å². The van der Waals surface area contributed by atoms with Crippen molar-refractivity contribution in [3.8, 4) is 17.2 Å². The normalized spacial score (nSPS) is 16.0. The molecule has 0 unspecified atom stereocenters. The number of halogens is 1. The van der Waals surface area contributed by atoms with Crippen LogP contribution in [0.25, 0.3) is 22.0 Å². The number of nitriles is 1. The van der Waals surface area contributed by atoms with E-state index in [0.29, 0.717) is 16.4 Å². The highest BCUT2D eigenvalue weighted by molar-refractivity contribution is 7.99. The van der Waals surface area contributed by atoms with Gasteiger partial charge < -0.3 is 19.7 Å². The van der Waals surface area contributed by atoms with Crippen molar-refractivity contribution in [2.24, 2.45) is 7.05 Å². The number of imidazole rings is 1. The molecule has 5 aromatic rings. The molecule has 2 aromatic carbocycles. The molecule has 1 N–H and O–H groups in total. The summed E-state index contributed by atoms with van der Waals surface area (Å²) in [5, 5.41) is 15.5. The smallest absolute Gasteiger partial charge is 0.172 e. The maximum atomic E-state index is 9.88. The van der Waals surface area contributed by atoms with Gasteiger partial charge in [0, 0.05) is 66.3 Å². The largest absolute Gasteiger partial charge is 0.357 e. The fourth-order valence-corrected chi connectivity index (χ4v) is 7.29. The van der Waals surface area contributed by atoms with Crippen LogP contribution < -0.4 is 10.2 Å². The van der Waals surface area contributed by atoms with Gasteiger partial charge in [-0.1, -0.05) is 35.5 Å². The van der Waals surface area contributed by atoms with Crippen LogP contribution in [0.2, 0.25) is 5.02 Å². The van der Waals surface area contributed by atoms with Crippen LogP contribution in [-0.4, -0.2) is 56.6 Å². The third kappa shape index (κ3) is 5.98. The zero-order valence-electron chi connectivity index (χ0n) is 24.6. The minimum atomic E-state index is 0.465. The lowest BCUT2D eigenvalue weighted by Crippen LogP contribution is -2.44. The molecule has 7 rings (SSSR count). The molecule has 8 nitrogen and oxygen atoms in total. The molecule has 2 aliphatic heterocycles. The highest BCUT2D eigenvalue weighted by Crippen LogP contribution is 2.35. The van der Waals surface area contributed by atoms with Crippen LogP contribution in [0.4, 0.5) is 17.3 Å². The Morgan fingerprint density at radius 2 is 1.77 bits per heavy atom. The second-order valence-corrected chi connectivity index (χ2v) is 12.9. The van der Waals surface area contributed by atoms with Crippen molar-refractivity contribution in [2.75, 3.05) is 36.4 Å². The summed E-state index contributed by atoms with van der Waals surface area (Å²) in [5.41, 5.74) is 4.09. The number of nitrogens with zero attached hydrogens (tertiary/aromatic N) is 7. The van der Waals surface area contributed by atoms with Gasteiger partial charge in [0.15, 0.2) is 5.16 Å². The first kappa shape index (κ1) is 28.7. The number of likely N-dealkylation sites (tertiary alicyclic amines) is 1. The molecule has 0 spiro atoms. The van der Waals surface area contributed by atoms with Gasteiger partial charge in [-0.3, -0.25) is 0 Å². The number of benzene rings is 2. The first-order valence-electron chi connectivity index (χ1n) is 15.1. The van der Waals surface area contributed by atoms with Crippen molar-refractivity contribution in [3.63, 3.8) is 0 Å². The highest BCUT2D eigenvalue weighted by atomic mass is 35.5. The summed E-state index contributed by atoms with van der Waals surface area (Å²) >= 11 is 8.12. The molecule has 0 radical (unpaired) electrons. The Hall–Kier alpha value is -4.10. The van der Waals surface area contributed by atoms with Gasteiger partial charge in [0.25, 0.3) is 0 Å². The highest BCUT2D eigenvalue weighted by Gasteiger charge is 2.26. The number of hydrogen-bond acceptors (Lipinski definition) is 8. The summed E-state index contributed by atoms with van der Waals surface area (Å²) in [6.07, 6.45) is 10.7. The van der Waals surface area contributed by atoms with E-state index in [2.05, 4.69) is 50.4 Å². The second kappa shape index (κ2) is 12.5. The number of fused-ring (bicyclic) bond motifs is 1. The van der Waals surface area contributed by atoms with Crippen LogP contribution in [0.1, 0.15) is 31.2 Å². The van der Waals surface area contributed by atoms with Crippen LogP contribution >= 0.6 is 23.4 Å². The van der Waals surface area contributed by atoms with Crippen molar-refractivity contribution < 1.29 is 0 Å². The Morgan fingerprint density at radius 3 is 2.48 bits per heavy atom. The summed E-state index contributed by atoms with van der Waals surface area (Å²) in [5.74, 6) is 1.53. The van der Waals surface area contributed by atoms with E-state index in [9.17, 15) is 5.26 Å². The minimum Gasteiger partial charge on any atom is -0.357 e. The second-order valence-electron chi connectivity index (χ2n) is 11.5. The molecule has 10 heteroatoms. The summed E-state index contributed by atoms with van der Waals surface area (Å²) in [6, 6.07) is 21.0. The van der Waals surface area contributed by atoms with E-state index in [-0.39, 0.29) is 0 Å². The number of pyridine rings is 2. The molecule has 0 amide bonds. The van der Waals surface area contributed by atoms with Crippen molar-refractivity contribution in [1.82, 2.24) is 24.4 Å². The van der Waals surface area contributed by atoms with Crippen molar-refractivity contribution in [1.29, 1.82) is 5.26 Å². The molecule has 2 saturated heterocycles. The number of hydrogen-bond donors (Lipinski definition) is 1. The predicted octanol–water partition coefficient (Wildman–Crippen LogP) is 7.51. The van der Waals surface area contributed by atoms with E-state index in [4.69, 9.17) is 21.6 Å². The molecule has 0 atom stereocenters. The topological polar surface area (TPSA) is 85.9 Å². The average Bonchev–Trinajstić information content (AvgIpc) is 3.74. The van der Waals surface area contributed by atoms with Crippen LogP contribution in [0, 0.1) is 11.3 Å². The van der Waals surface area contributed by atoms with Crippen molar-refractivity contribution in [3.05, 3.63) is 83.8 Å². The number of nitrogens with one attached hydrogen (secondary N) is 1. The Bertz CT molecular complexity index is 1830. The third-order valence-corrected chi connectivity index (χ3v) is 10.2. The molecular formula is C34H33ClN8S. The Kier molecular flexibility index (Phi) is 8.13. The van der Waals surface area contributed by atoms with Gasteiger partial charge in [-0.05, 0) is 86.8 Å². The van der Waals surface area contributed by atoms with Gasteiger partial charge >= 0.3 is 0 Å². The van der Waals surface area contributed by atoms with Gasteiger partial charge in [0.1, 0.15) is 17.7 Å². The van der Waals surface area contributed by atoms with Crippen LogP contribution in [-0.2, 0) is 7.05 Å². The SMILES string of the molecule is Cn1ccnc1Sc1ccc(Nc2nc3cc(-c4ccc(N5CCC(N6CCCC6)CC5)nc4)ccc3cc2C#N)cc1Cl. The summed E-state index contributed by atoms with van der Waals surface area (Å²) < 4.78 is 1.95. The first-order valence-corrected chi connectivity index (χ1v) is 16.3. The van der Waals surface area contributed by atoms with Gasteiger partial charge in [-0.2, -0.15) is 5.26 Å². The van der Waals surface area contributed by atoms with Gasteiger partial charge in [-0.25, -0.2) is 15.0 Å². The Labute approximate surface area is 266 Å². The average molecular weight is 621 g/mol. The van der Waals surface area contributed by atoms with Gasteiger partial charge in [0.05, 0.1) is 16.1 Å². The van der Waals surface area contributed by atoms with Crippen molar-refractivity contribution in [2.45, 2.75) is 41.8 Å². The van der Waals surface area contributed by atoms with E-state index < -0.39 is 0 Å². The fraction of sp³-hybridized carbons (Fsp3) is 0.294. The first-order chi connectivity index (χ1) is 21.5. The number of aromatic nitrogens is 4. The molecule has 2 aliphatic rings. The standard InChI is InChI=1S/C34H33ClN8S/c1-41-17-12-37-34(41)44-31-8-7-27(20-29(31)35)39-33-26(21-36)18-24-5-4-23(19-30(24)40-33)25-6-9-32(38-22-25)43-15-10-28(11-16-43)42-13-2-3-14-42/h4-9,12,17-20,22,28H,2-3,10-11,13-16H2,1H3,(H,39,40). The zero-order valence-corrected chi connectivity index (χ0v) is 26.2. The van der Waals surface area contributed by atoms with Gasteiger partial charge in [-0.15, -0.1) is 0 Å². The van der Waals surface area contributed by atoms with Crippen molar-refractivity contribution >= 4 is 51.6 Å². The quantitative estimate of drug-likeness (QED) is 0.200. The summed E-state index contributed by atoms with van der Waals surface area (Å²) in [4.78, 5) is 20.0. The molecule has 44 heavy (non-hydrogen) atoms. The molecule has 3 aromatic heterocycles. The lowest BCUT2D eigenvalue weighted by atomic mass is 10.0. The number of piperidine rings is 1. The molecule has 0 bridgehead atoms. The van der Waals surface area contributed by atoms with E-state index in [0.717, 1.165) is 62.7 Å². The Balaban J connectivity index is 1.07. The van der Waals surface area contributed by atoms with Crippen LogP contribution in [0.5, 0.6) is 0 Å². The Morgan fingerprint density at radius 1 is 0.955 bits per heavy atom. The summed E-state index contributed by atoms with van der Waals surface area (Å²) in [6.45, 7) is 4.64. The predicted molar refractivity (Wildman–Crippen MR) is 178 cm³/mol. The lowest BCUT2D eigenvalue weighted by Gasteiger charge is -2.37. The maximum absolute atomic E-state index is 9.88. The maximum Gasteiger partial charge on any atom is 0.172 e. The van der Waals surface area contributed by atoms with E-state index in [1.807, 2.05) is 54.3 Å². The van der Waals surface area contributed by atoms with E-state index >= 15 is 0 Å². The monoisotopic (exact) mass is 620 g/mol. The van der Waals surface area contributed by atoms with E-state index in [1.54, 1.807) is 6.20 Å². The summed E-state index contributed by atoms with van der Waals surface area (Å²) in [7, 11) is 1.95. The van der Waals surface area contributed by atoms with Gasteiger partial charge in [0.2, 0.25) is 0 Å². The molecular weight excluding hydrogens is 588 g/mol. The fourth-order valence-electron chi connectivity index (χ4n) is 6.18. The number of anilines is 3. The lowest BCUT2D eigenvalue weighted by molar-refractivity contribution is 0.207. The zero-order chi connectivity index (χ0) is 30.0. The molecule has 222 valence electrons.